The third-order valence-electron chi connectivity index (χ3n) is 2.62. The van der Waals surface area contributed by atoms with Crippen LogP contribution in [0.3, 0.4) is 0 Å². The van der Waals surface area contributed by atoms with Crippen LogP contribution < -0.4 is 11.2 Å². The van der Waals surface area contributed by atoms with Gasteiger partial charge in [0.25, 0.3) is 0 Å². The zero-order valence-corrected chi connectivity index (χ0v) is 9.57. The van der Waals surface area contributed by atoms with Crippen molar-refractivity contribution in [1.82, 2.24) is 10.4 Å². The van der Waals surface area contributed by atoms with Gasteiger partial charge < -0.3 is 5.73 Å². The summed E-state index contributed by atoms with van der Waals surface area (Å²) in [6.45, 7) is 0.980. The van der Waals surface area contributed by atoms with Crippen molar-refractivity contribution in [1.29, 1.82) is 0 Å². The van der Waals surface area contributed by atoms with Crippen molar-refractivity contribution in [2.45, 2.75) is 12.5 Å². The number of rotatable bonds is 3. The summed E-state index contributed by atoms with van der Waals surface area (Å²) in [6.07, 6.45) is 0.434. The number of benzene rings is 1. The maximum Gasteiger partial charge on any atom is 0.238 e. The van der Waals surface area contributed by atoms with E-state index in [1.807, 2.05) is 24.3 Å². The van der Waals surface area contributed by atoms with Crippen LogP contribution in [0.2, 0.25) is 5.02 Å². The maximum absolute atomic E-state index is 11.6. The molecule has 0 saturated carbocycles. The first-order valence-electron chi connectivity index (χ1n) is 5.23. The van der Waals surface area contributed by atoms with Crippen molar-refractivity contribution in [3.63, 3.8) is 0 Å². The molecule has 1 fully saturated rings. The van der Waals surface area contributed by atoms with E-state index in [2.05, 4.69) is 5.43 Å². The first kappa shape index (κ1) is 11.4. The zero-order chi connectivity index (χ0) is 11.5. The van der Waals surface area contributed by atoms with Gasteiger partial charge in [-0.3, -0.25) is 9.80 Å². The van der Waals surface area contributed by atoms with Crippen LogP contribution in [0.1, 0.15) is 18.0 Å². The van der Waals surface area contributed by atoms with Crippen molar-refractivity contribution in [2.75, 3.05) is 13.1 Å². The van der Waals surface area contributed by atoms with Gasteiger partial charge in [-0.1, -0.05) is 29.8 Å². The first-order valence-corrected chi connectivity index (χ1v) is 5.61. The Morgan fingerprint density at radius 1 is 1.50 bits per heavy atom. The summed E-state index contributed by atoms with van der Waals surface area (Å²) >= 11 is 6.08. The third kappa shape index (κ3) is 2.19. The molecule has 0 bridgehead atoms. The Bertz CT molecular complexity index is 397. The molecule has 0 aromatic heterocycles. The number of halogens is 1. The fourth-order valence-electron chi connectivity index (χ4n) is 1.85. The molecule has 3 N–H and O–H groups in total. The van der Waals surface area contributed by atoms with Gasteiger partial charge in [-0.25, -0.2) is 5.43 Å². The Kier molecular flexibility index (Phi) is 3.43. The van der Waals surface area contributed by atoms with Crippen LogP contribution in [0.4, 0.5) is 0 Å². The number of hydrogen-bond acceptors (Lipinski definition) is 3. The highest BCUT2D eigenvalue weighted by atomic mass is 35.5. The molecule has 1 aliphatic rings. The van der Waals surface area contributed by atoms with Crippen LogP contribution in [0.25, 0.3) is 0 Å². The number of hydrazine groups is 1. The van der Waals surface area contributed by atoms with Crippen LogP contribution in [0.5, 0.6) is 0 Å². The lowest BCUT2D eigenvalue weighted by Gasteiger charge is -2.17. The summed E-state index contributed by atoms with van der Waals surface area (Å²) in [7, 11) is 0. The topological polar surface area (TPSA) is 58.4 Å². The SMILES string of the molecule is NCCN1NC(c2ccccc2Cl)CC1=O. The predicted molar refractivity (Wildman–Crippen MR) is 62.7 cm³/mol. The van der Waals surface area contributed by atoms with Gasteiger partial charge in [-0.15, -0.1) is 0 Å². The minimum absolute atomic E-state index is 0.0345. The van der Waals surface area contributed by atoms with E-state index in [0.717, 1.165) is 5.56 Å². The van der Waals surface area contributed by atoms with Gasteiger partial charge in [0.1, 0.15) is 0 Å². The van der Waals surface area contributed by atoms with E-state index in [-0.39, 0.29) is 11.9 Å². The highest BCUT2D eigenvalue weighted by molar-refractivity contribution is 6.31. The molecule has 1 aromatic rings. The number of nitrogens with two attached hydrogens (primary N) is 1. The van der Waals surface area contributed by atoms with Crippen LogP contribution >= 0.6 is 11.6 Å². The van der Waals surface area contributed by atoms with E-state index < -0.39 is 0 Å². The van der Waals surface area contributed by atoms with Gasteiger partial charge in [-0.05, 0) is 11.6 Å². The zero-order valence-electron chi connectivity index (χ0n) is 8.82. The van der Waals surface area contributed by atoms with E-state index in [9.17, 15) is 4.79 Å². The molecule has 86 valence electrons. The molecule has 1 heterocycles. The molecule has 1 aliphatic heterocycles. The molecule has 1 atom stereocenters. The minimum atomic E-state index is -0.0345. The normalized spacial score (nSPS) is 20.5. The molecule has 1 saturated heterocycles. The number of amides is 1. The summed E-state index contributed by atoms with van der Waals surface area (Å²) in [4.78, 5) is 11.6. The Balaban J connectivity index is 2.14. The quantitative estimate of drug-likeness (QED) is 0.830. The second-order valence-electron chi connectivity index (χ2n) is 3.74. The molecule has 5 heteroatoms. The third-order valence-corrected chi connectivity index (χ3v) is 2.97. The molecule has 0 spiro atoms. The summed E-state index contributed by atoms with van der Waals surface area (Å²) in [6, 6.07) is 7.51. The Morgan fingerprint density at radius 2 is 2.25 bits per heavy atom. The highest BCUT2D eigenvalue weighted by Gasteiger charge is 2.30. The lowest BCUT2D eigenvalue weighted by molar-refractivity contribution is -0.129. The Labute approximate surface area is 99.3 Å². The van der Waals surface area contributed by atoms with E-state index >= 15 is 0 Å². The molecular formula is C11H14ClN3O. The number of carbonyl (C=O) groups excluding carboxylic acids is 1. The fourth-order valence-corrected chi connectivity index (χ4v) is 2.11. The largest absolute Gasteiger partial charge is 0.329 e. The van der Waals surface area contributed by atoms with Gasteiger partial charge >= 0.3 is 0 Å². The average molecular weight is 240 g/mol. The lowest BCUT2D eigenvalue weighted by atomic mass is 10.1. The molecule has 1 amide bonds. The summed E-state index contributed by atoms with van der Waals surface area (Å²) < 4.78 is 0. The van der Waals surface area contributed by atoms with Gasteiger partial charge in [0.2, 0.25) is 5.91 Å². The Morgan fingerprint density at radius 3 is 2.94 bits per heavy atom. The first-order chi connectivity index (χ1) is 7.72. The van der Waals surface area contributed by atoms with Crippen LogP contribution in [0, 0.1) is 0 Å². The van der Waals surface area contributed by atoms with E-state index in [1.165, 1.54) is 0 Å². The molecule has 4 nitrogen and oxygen atoms in total. The molecule has 1 unspecified atom stereocenters. The number of nitrogens with zero attached hydrogens (tertiary/aromatic N) is 1. The van der Waals surface area contributed by atoms with E-state index in [4.69, 9.17) is 17.3 Å². The monoisotopic (exact) mass is 239 g/mol. The number of carbonyl (C=O) groups is 1. The maximum atomic E-state index is 11.6. The van der Waals surface area contributed by atoms with Crippen molar-refractivity contribution in [3.05, 3.63) is 34.9 Å². The van der Waals surface area contributed by atoms with Gasteiger partial charge in [0.05, 0.1) is 6.04 Å². The molecule has 16 heavy (non-hydrogen) atoms. The van der Waals surface area contributed by atoms with Crippen molar-refractivity contribution >= 4 is 17.5 Å². The molecule has 0 aliphatic carbocycles. The van der Waals surface area contributed by atoms with E-state index in [1.54, 1.807) is 5.01 Å². The lowest BCUT2D eigenvalue weighted by Crippen LogP contribution is -2.38. The summed E-state index contributed by atoms with van der Waals surface area (Å²) in [5, 5.41) is 2.25. The minimum Gasteiger partial charge on any atom is -0.329 e. The van der Waals surface area contributed by atoms with Crippen LogP contribution in [0.15, 0.2) is 24.3 Å². The number of nitrogens with one attached hydrogen (secondary N) is 1. The highest BCUT2D eigenvalue weighted by Crippen LogP contribution is 2.28. The molecule has 0 radical (unpaired) electrons. The van der Waals surface area contributed by atoms with Gasteiger partial charge in [0.15, 0.2) is 0 Å². The fraction of sp³-hybridized carbons (Fsp3) is 0.364. The van der Waals surface area contributed by atoms with Crippen molar-refractivity contribution in [3.8, 4) is 0 Å². The summed E-state index contributed by atoms with van der Waals surface area (Å²) in [5.41, 5.74) is 9.50. The van der Waals surface area contributed by atoms with E-state index in [0.29, 0.717) is 24.5 Å². The van der Waals surface area contributed by atoms with Gasteiger partial charge in [0, 0.05) is 24.5 Å². The second-order valence-corrected chi connectivity index (χ2v) is 4.15. The summed E-state index contributed by atoms with van der Waals surface area (Å²) in [5.74, 6) is 0.0652. The smallest absolute Gasteiger partial charge is 0.238 e. The van der Waals surface area contributed by atoms with Crippen molar-refractivity contribution < 1.29 is 4.79 Å². The predicted octanol–water partition coefficient (Wildman–Crippen LogP) is 1.08. The molecular weight excluding hydrogens is 226 g/mol. The molecule has 2 rings (SSSR count). The Hall–Kier alpha value is -1.10. The van der Waals surface area contributed by atoms with Crippen LogP contribution in [-0.4, -0.2) is 24.0 Å². The number of hydrogen-bond donors (Lipinski definition) is 2. The molecule has 1 aromatic carbocycles. The second kappa shape index (κ2) is 4.82. The van der Waals surface area contributed by atoms with Crippen LogP contribution in [-0.2, 0) is 4.79 Å². The van der Waals surface area contributed by atoms with Crippen molar-refractivity contribution in [2.24, 2.45) is 5.73 Å². The average Bonchev–Trinajstić information content (AvgIpc) is 2.61. The van der Waals surface area contributed by atoms with Gasteiger partial charge in [-0.2, -0.15) is 0 Å². The standard InChI is InChI=1S/C11H14ClN3O/c12-9-4-2-1-3-8(9)10-7-11(16)15(14-10)6-5-13/h1-4,10,14H,5-7,13H2.